The van der Waals surface area contributed by atoms with Crippen molar-refractivity contribution < 1.29 is 19.0 Å². The molecular weight excluding hydrogens is 256 g/mol. The van der Waals surface area contributed by atoms with Crippen molar-refractivity contribution in [3.05, 3.63) is 17.7 Å². The van der Waals surface area contributed by atoms with Crippen LogP contribution in [0.25, 0.3) is 0 Å². The van der Waals surface area contributed by atoms with Gasteiger partial charge in [0, 0.05) is 12.5 Å². The summed E-state index contributed by atoms with van der Waals surface area (Å²) in [7, 11) is 4.67. The molecule has 0 aliphatic heterocycles. The summed E-state index contributed by atoms with van der Waals surface area (Å²) < 4.78 is 15.7. The van der Waals surface area contributed by atoms with Crippen LogP contribution in [0.3, 0.4) is 0 Å². The average Bonchev–Trinajstić information content (AvgIpc) is 2.49. The van der Waals surface area contributed by atoms with Gasteiger partial charge in [-0.3, -0.25) is 4.79 Å². The highest BCUT2D eigenvalue weighted by Gasteiger charge is 2.17. The fourth-order valence-corrected chi connectivity index (χ4v) is 2.09. The van der Waals surface area contributed by atoms with Gasteiger partial charge in [-0.1, -0.05) is 26.2 Å². The molecule has 0 saturated heterocycles. The van der Waals surface area contributed by atoms with E-state index in [4.69, 9.17) is 14.2 Å². The minimum atomic E-state index is 0.0823. The van der Waals surface area contributed by atoms with Gasteiger partial charge in [0.2, 0.25) is 0 Å². The van der Waals surface area contributed by atoms with Gasteiger partial charge in [0.25, 0.3) is 0 Å². The predicted molar refractivity (Wildman–Crippen MR) is 79.2 cm³/mol. The van der Waals surface area contributed by atoms with E-state index in [2.05, 4.69) is 6.92 Å². The summed E-state index contributed by atoms with van der Waals surface area (Å²) in [5, 5.41) is 0. The van der Waals surface area contributed by atoms with Gasteiger partial charge in [-0.25, -0.2) is 0 Å². The zero-order valence-electron chi connectivity index (χ0n) is 12.8. The molecule has 4 heteroatoms. The summed E-state index contributed by atoms with van der Waals surface area (Å²) in [5.74, 6) is 1.72. The quantitative estimate of drug-likeness (QED) is 0.509. The van der Waals surface area contributed by atoms with Crippen molar-refractivity contribution in [2.45, 2.75) is 39.0 Å². The molecule has 0 heterocycles. The van der Waals surface area contributed by atoms with Crippen LogP contribution in [0.1, 0.15) is 49.4 Å². The number of carbonyl (C=O) groups is 1. The highest BCUT2D eigenvalue weighted by molar-refractivity contribution is 5.99. The zero-order chi connectivity index (χ0) is 15.0. The van der Waals surface area contributed by atoms with E-state index in [0.717, 1.165) is 25.7 Å². The van der Waals surface area contributed by atoms with Crippen LogP contribution >= 0.6 is 0 Å². The Labute approximate surface area is 121 Å². The SMILES string of the molecule is CCCCCCC(=O)c1cc(OC)c(OC)cc1OC. The fraction of sp³-hybridized carbons (Fsp3) is 0.562. The third-order valence-electron chi connectivity index (χ3n) is 3.26. The van der Waals surface area contributed by atoms with E-state index in [1.165, 1.54) is 0 Å². The van der Waals surface area contributed by atoms with Crippen LogP contribution in [0.5, 0.6) is 17.2 Å². The van der Waals surface area contributed by atoms with Crippen LogP contribution in [-0.2, 0) is 0 Å². The van der Waals surface area contributed by atoms with Crippen molar-refractivity contribution >= 4 is 5.78 Å². The second-order valence-corrected chi connectivity index (χ2v) is 4.64. The minimum Gasteiger partial charge on any atom is -0.496 e. The van der Waals surface area contributed by atoms with Gasteiger partial charge in [-0.15, -0.1) is 0 Å². The molecule has 112 valence electrons. The standard InChI is InChI=1S/C16H24O4/c1-5-6-7-8-9-13(17)12-10-15(19-3)16(20-4)11-14(12)18-2/h10-11H,5-9H2,1-4H3. The van der Waals surface area contributed by atoms with Gasteiger partial charge >= 0.3 is 0 Å². The van der Waals surface area contributed by atoms with Crippen molar-refractivity contribution in [3.8, 4) is 17.2 Å². The number of benzene rings is 1. The Morgan fingerprint density at radius 3 is 2.05 bits per heavy atom. The number of ether oxygens (including phenoxy) is 3. The predicted octanol–water partition coefficient (Wildman–Crippen LogP) is 3.87. The number of carbonyl (C=O) groups excluding carboxylic acids is 1. The first-order valence-corrected chi connectivity index (χ1v) is 7.01. The monoisotopic (exact) mass is 280 g/mol. The maximum absolute atomic E-state index is 12.3. The van der Waals surface area contributed by atoms with E-state index < -0.39 is 0 Å². The van der Waals surface area contributed by atoms with E-state index in [-0.39, 0.29) is 5.78 Å². The van der Waals surface area contributed by atoms with Crippen molar-refractivity contribution in [3.63, 3.8) is 0 Å². The lowest BCUT2D eigenvalue weighted by Crippen LogP contribution is -2.04. The van der Waals surface area contributed by atoms with Crippen LogP contribution < -0.4 is 14.2 Å². The first kappa shape index (κ1) is 16.3. The summed E-state index contributed by atoms with van der Waals surface area (Å²) in [6.07, 6.45) is 4.85. The summed E-state index contributed by atoms with van der Waals surface area (Å²) in [6.45, 7) is 2.15. The topological polar surface area (TPSA) is 44.8 Å². The Morgan fingerprint density at radius 2 is 1.50 bits per heavy atom. The molecule has 0 atom stereocenters. The van der Waals surface area contributed by atoms with Gasteiger partial charge in [0.05, 0.1) is 26.9 Å². The first-order chi connectivity index (χ1) is 9.67. The Bertz CT molecular complexity index is 440. The van der Waals surface area contributed by atoms with Crippen molar-refractivity contribution in [2.75, 3.05) is 21.3 Å². The molecule has 4 nitrogen and oxygen atoms in total. The summed E-state index contributed by atoms with van der Waals surface area (Å²) in [6, 6.07) is 3.39. The van der Waals surface area contributed by atoms with Gasteiger partial charge in [-0.2, -0.15) is 0 Å². The summed E-state index contributed by atoms with van der Waals surface area (Å²) >= 11 is 0. The van der Waals surface area contributed by atoms with Crippen LogP contribution in [0.15, 0.2) is 12.1 Å². The van der Waals surface area contributed by atoms with Crippen molar-refractivity contribution in [2.24, 2.45) is 0 Å². The number of hydrogen-bond donors (Lipinski definition) is 0. The smallest absolute Gasteiger partial charge is 0.166 e. The molecule has 0 unspecified atom stereocenters. The molecule has 0 N–H and O–H groups in total. The van der Waals surface area contributed by atoms with E-state index in [1.54, 1.807) is 33.5 Å². The molecule has 0 radical (unpaired) electrons. The molecule has 0 aromatic heterocycles. The van der Waals surface area contributed by atoms with E-state index in [1.807, 2.05) is 0 Å². The molecular formula is C16H24O4. The Balaban J connectivity index is 2.89. The van der Waals surface area contributed by atoms with Crippen LogP contribution in [0.2, 0.25) is 0 Å². The molecule has 1 aromatic rings. The second-order valence-electron chi connectivity index (χ2n) is 4.64. The molecule has 0 amide bonds. The first-order valence-electron chi connectivity index (χ1n) is 7.01. The lowest BCUT2D eigenvalue weighted by Gasteiger charge is -2.13. The maximum atomic E-state index is 12.3. The van der Waals surface area contributed by atoms with Gasteiger partial charge in [0.1, 0.15) is 5.75 Å². The molecule has 0 aliphatic rings. The Hall–Kier alpha value is -1.71. The number of ketones is 1. The Kier molecular flexibility index (Phi) is 6.91. The van der Waals surface area contributed by atoms with Crippen LogP contribution in [-0.4, -0.2) is 27.1 Å². The van der Waals surface area contributed by atoms with Gasteiger partial charge < -0.3 is 14.2 Å². The van der Waals surface area contributed by atoms with Crippen molar-refractivity contribution in [1.82, 2.24) is 0 Å². The molecule has 20 heavy (non-hydrogen) atoms. The van der Waals surface area contributed by atoms with Crippen LogP contribution in [0, 0.1) is 0 Å². The molecule has 0 fully saturated rings. The number of hydrogen-bond acceptors (Lipinski definition) is 4. The highest BCUT2D eigenvalue weighted by Crippen LogP contribution is 2.35. The zero-order valence-corrected chi connectivity index (χ0v) is 12.8. The largest absolute Gasteiger partial charge is 0.496 e. The van der Waals surface area contributed by atoms with E-state index in [9.17, 15) is 4.79 Å². The summed E-state index contributed by atoms with van der Waals surface area (Å²) in [5.41, 5.74) is 0.557. The number of unbranched alkanes of at least 4 members (excludes halogenated alkanes) is 3. The minimum absolute atomic E-state index is 0.0823. The Morgan fingerprint density at radius 1 is 0.900 bits per heavy atom. The van der Waals surface area contributed by atoms with Gasteiger partial charge in [0.15, 0.2) is 17.3 Å². The molecule has 1 aromatic carbocycles. The normalized spacial score (nSPS) is 10.2. The molecule has 0 bridgehead atoms. The van der Waals surface area contributed by atoms with E-state index in [0.29, 0.717) is 29.2 Å². The third-order valence-corrected chi connectivity index (χ3v) is 3.26. The van der Waals surface area contributed by atoms with E-state index >= 15 is 0 Å². The van der Waals surface area contributed by atoms with Crippen LogP contribution in [0.4, 0.5) is 0 Å². The number of Topliss-reactive ketones (excluding diaryl/α,β-unsaturated/α-hetero) is 1. The maximum Gasteiger partial charge on any atom is 0.166 e. The highest BCUT2D eigenvalue weighted by atomic mass is 16.5. The molecule has 1 rings (SSSR count). The number of rotatable bonds is 9. The fourth-order valence-electron chi connectivity index (χ4n) is 2.09. The van der Waals surface area contributed by atoms with Gasteiger partial charge in [-0.05, 0) is 12.5 Å². The molecule has 0 spiro atoms. The van der Waals surface area contributed by atoms with Crippen molar-refractivity contribution in [1.29, 1.82) is 0 Å². The number of methoxy groups -OCH3 is 3. The molecule has 0 saturated carbocycles. The molecule has 0 aliphatic carbocycles. The lowest BCUT2D eigenvalue weighted by atomic mass is 10.0. The summed E-state index contributed by atoms with van der Waals surface area (Å²) in [4.78, 5) is 12.3. The average molecular weight is 280 g/mol. The lowest BCUT2D eigenvalue weighted by molar-refractivity contribution is 0.0975. The second kappa shape index (κ2) is 8.46. The third kappa shape index (κ3) is 4.15.